The summed E-state index contributed by atoms with van der Waals surface area (Å²) >= 11 is 6.30. The van der Waals surface area contributed by atoms with E-state index in [0.717, 1.165) is 36.8 Å². The number of benzene rings is 1. The molecule has 4 rings (SSSR count). The molecule has 1 aliphatic carbocycles. The zero-order chi connectivity index (χ0) is 23.8. The van der Waals surface area contributed by atoms with Gasteiger partial charge in [-0.3, -0.25) is 0 Å². The van der Waals surface area contributed by atoms with E-state index in [1.165, 1.54) is 12.1 Å². The summed E-state index contributed by atoms with van der Waals surface area (Å²) in [5, 5.41) is 4.75. The summed E-state index contributed by atoms with van der Waals surface area (Å²) in [6, 6.07) is 6.60. The fourth-order valence-corrected chi connectivity index (χ4v) is 5.61. The number of hydrogen-bond donors (Lipinski definition) is 1. The number of pyridine rings is 1. The Bertz CT molecular complexity index is 1130. The predicted molar refractivity (Wildman–Crippen MR) is 136 cm³/mol. The normalized spacial score (nSPS) is 19.6. The van der Waals surface area contributed by atoms with Gasteiger partial charge in [-0.1, -0.05) is 44.5 Å². The fourth-order valence-electron chi connectivity index (χ4n) is 4.00. The number of halogens is 2. The van der Waals surface area contributed by atoms with Gasteiger partial charge >= 0.3 is 0 Å². The van der Waals surface area contributed by atoms with E-state index in [1.807, 2.05) is 0 Å². The molecular weight excluding hydrogens is 455 g/mol. The van der Waals surface area contributed by atoms with Crippen LogP contribution in [0.3, 0.4) is 0 Å². The molecule has 0 radical (unpaired) electrons. The molecule has 0 bridgehead atoms. The third-order valence-corrected chi connectivity index (χ3v) is 11.8. The molecule has 2 heterocycles. The minimum absolute atomic E-state index is 0.222. The van der Waals surface area contributed by atoms with Crippen LogP contribution < -0.4 is 5.32 Å². The Morgan fingerprint density at radius 2 is 1.70 bits per heavy atom. The Balaban J connectivity index is 1.49. The lowest BCUT2D eigenvalue weighted by Gasteiger charge is -2.41. The molecule has 1 fully saturated rings. The van der Waals surface area contributed by atoms with Crippen molar-refractivity contribution in [1.29, 1.82) is 0 Å². The standard InChI is InChI=1S/C25H32ClFN4OSi/c1-25(2,3)33(4,5)32-19-12-10-18(11-13-19)30-24-29-15-21-22(31-24)20(14-28-23(21)26)16-6-8-17(27)9-7-16/h6-9,14-15,18-19H,10-13H2,1-5H3,(H,29,30,31). The van der Waals surface area contributed by atoms with E-state index in [9.17, 15) is 4.39 Å². The summed E-state index contributed by atoms with van der Waals surface area (Å²) in [6.45, 7) is 11.5. The fraction of sp³-hybridized carbons (Fsp3) is 0.480. The molecule has 1 aliphatic rings. The molecule has 0 unspecified atom stereocenters. The summed E-state index contributed by atoms with van der Waals surface area (Å²) in [7, 11) is -1.75. The highest BCUT2D eigenvalue weighted by molar-refractivity contribution is 6.74. The first kappa shape index (κ1) is 24.0. The van der Waals surface area contributed by atoms with E-state index >= 15 is 0 Å². The van der Waals surface area contributed by atoms with Crippen LogP contribution in [-0.4, -0.2) is 35.4 Å². The summed E-state index contributed by atoms with van der Waals surface area (Å²) in [4.78, 5) is 13.5. The summed E-state index contributed by atoms with van der Waals surface area (Å²) in [5.41, 5.74) is 2.33. The van der Waals surface area contributed by atoms with Crippen LogP contribution in [0.25, 0.3) is 22.0 Å². The minimum atomic E-state index is -1.75. The first-order valence-corrected chi connectivity index (χ1v) is 14.8. The van der Waals surface area contributed by atoms with Gasteiger partial charge in [0.25, 0.3) is 0 Å². The second-order valence-electron chi connectivity index (χ2n) is 10.4. The van der Waals surface area contributed by atoms with Crippen molar-refractivity contribution in [1.82, 2.24) is 15.0 Å². The molecule has 0 saturated heterocycles. The van der Waals surface area contributed by atoms with Crippen molar-refractivity contribution in [3.05, 3.63) is 47.6 Å². The minimum Gasteiger partial charge on any atom is -0.414 e. The van der Waals surface area contributed by atoms with Crippen LogP contribution in [0.15, 0.2) is 36.7 Å². The van der Waals surface area contributed by atoms with E-state index in [4.69, 9.17) is 21.0 Å². The highest BCUT2D eigenvalue weighted by atomic mass is 35.5. The number of hydrogen-bond acceptors (Lipinski definition) is 5. The molecule has 0 aliphatic heterocycles. The van der Waals surface area contributed by atoms with Crippen molar-refractivity contribution in [2.24, 2.45) is 0 Å². The number of nitrogens with zero attached hydrogens (tertiary/aromatic N) is 3. The van der Waals surface area contributed by atoms with Gasteiger partial charge in [0.15, 0.2) is 8.32 Å². The molecule has 33 heavy (non-hydrogen) atoms. The average Bonchev–Trinajstić information content (AvgIpc) is 2.75. The van der Waals surface area contributed by atoms with Crippen molar-refractivity contribution in [2.45, 2.75) is 76.7 Å². The van der Waals surface area contributed by atoms with Crippen molar-refractivity contribution in [3.63, 3.8) is 0 Å². The molecule has 3 aromatic rings. The van der Waals surface area contributed by atoms with E-state index in [1.54, 1.807) is 24.5 Å². The average molecular weight is 487 g/mol. The Hall–Kier alpha value is -2.09. The number of fused-ring (bicyclic) bond motifs is 1. The highest BCUT2D eigenvalue weighted by Gasteiger charge is 2.39. The molecule has 1 saturated carbocycles. The zero-order valence-corrected chi connectivity index (χ0v) is 21.7. The predicted octanol–water partition coefficient (Wildman–Crippen LogP) is 7.23. The topological polar surface area (TPSA) is 59.9 Å². The third kappa shape index (κ3) is 5.36. The van der Waals surface area contributed by atoms with Gasteiger partial charge in [-0.25, -0.2) is 19.3 Å². The Labute approximate surface area is 201 Å². The van der Waals surface area contributed by atoms with Gasteiger partial charge in [0, 0.05) is 30.1 Å². The molecule has 0 atom stereocenters. The van der Waals surface area contributed by atoms with E-state index in [2.05, 4.69) is 49.1 Å². The summed E-state index contributed by atoms with van der Waals surface area (Å²) in [5.74, 6) is 0.289. The monoisotopic (exact) mass is 486 g/mol. The van der Waals surface area contributed by atoms with Gasteiger partial charge in [-0.05, 0) is 61.5 Å². The largest absolute Gasteiger partial charge is 0.414 e. The van der Waals surface area contributed by atoms with E-state index in [0.29, 0.717) is 34.2 Å². The maximum Gasteiger partial charge on any atom is 0.223 e. The van der Waals surface area contributed by atoms with Crippen LogP contribution in [0.5, 0.6) is 0 Å². The quantitative estimate of drug-likeness (QED) is 0.304. The van der Waals surface area contributed by atoms with Crippen LogP contribution in [0, 0.1) is 5.82 Å². The molecule has 176 valence electrons. The van der Waals surface area contributed by atoms with Crippen molar-refractivity contribution < 1.29 is 8.82 Å². The summed E-state index contributed by atoms with van der Waals surface area (Å²) < 4.78 is 20.0. The lowest BCUT2D eigenvalue weighted by molar-refractivity contribution is 0.133. The molecule has 8 heteroatoms. The van der Waals surface area contributed by atoms with Crippen molar-refractivity contribution in [3.8, 4) is 11.1 Å². The maximum atomic E-state index is 13.4. The number of nitrogens with one attached hydrogen (secondary N) is 1. The van der Waals surface area contributed by atoms with Crippen LogP contribution in [-0.2, 0) is 4.43 Å². The molecule has 5 nitrogen and oxygen atoms in total. The Morgan fingerprint density at radius 3 is 2.33 bits per heavy atom. The first-order valence-electron chi connectivity index (χ1n) is 11.5. The van der Waals surface area contributed by atoms with Gasteiger partial charge in [0.2, 0.25) is 5.95 Å². The van der Waals surface area contributed by atoms with Gasteiger partial charge in [-0.2, -0.15) is 0 Å². The molecule has 0 amide bonds. The molecular formula is C25H32ClFN4OSi. The van der Waals surface area contributed by atoms with E-state index < -0.39 is 8.32 Å². The van der Waals surface area contributed by atoms with Gasteiger partial charge in [-0.15, -0.1) is 0 Å². The zero-order valence-electron chi connectivity index (χ0n) is 20.0. The maximum absolute atomic E-state index is 13.4. The smallest absolute Gasteiger partial charge is 0.223 e. The molecule has 0 spiro atoms. The Kier molecular flexibility index (Phi) is 6.76. The van der Waals surface area contributed by atoms with Crippen molar-refractivity contribution >= 4 is 36.8 Å². The SMILES string of the molecule is CC(C)(C)[Si](C)(C)OC1CCC(Nc2ncc3c(Cl)ncc(-c4ccc(F)cc4)c3n2)CC1. The molecule has 1 aromatic carbocycles. The van der Waals surface area contributed by atoms with Crippen LogP contribution >= 0.6 is 11.6 Å². The van der Waals surface area contributed by atoms with Gasteiger partial charge < -0.3 is 9.74 Å². The Morgan fingerprint density at radius 1 is 1.03 bits per heavy atom. The van der Waals surface area contributed by atoms with E-state index in [-0.39, 0.29) is 10.9 Å². The van der Waals surface area contributed by atoms with Gasteiger partial charge in [0.1, 0.15) is 11.0 Å². The second kappa shape index (κ2) is 9.28. The second-order valence-corrected chi connectivity index (χ2v) is 15.5. The molecule has 2 aromatic heterocycles. The van der Waals surface area contributed by atoms with Crippen LogP contribution in [0.1, 0.15) is 46.5 Å². The van der Waals surface area contributed by atoms with Crippen molar-refractivity contribution in [2.75, 3.05) is 5.32 Å². The number of rotatable bonds is 5. The highest BCUT2D eigenvalue weighted by Crippen LogP contribution is 2.39. The van der Waals surface area contributed by atoms with Crippen LogP contribution in [0.4, 0.5) is 10.3 Å². The number of anilines is 1. The van der Waals surface area contributed by atoms with Gasteiger partial charge in [0.05, 0.1) is 10.9 Å². The van der Waals surface area contributed by atoms with Crippen LogP contribution in [0.2, 0.25) is 23.3 Å². The third-order valence-electron chi connectivity index (χ3n) is 7.00. The lowest BCUT2D eigenvalue weighted by Crippen LogP contribution is -2.45. The summed E-state index contributed by atoms with van der Waals surface area (Å²) in [6.07, 6.45) is 7.82. The molecule has 1 N–H and O–H groups in total. The first-order chi connectivity index (χ1) is 15.5. The number of aromatic nitrogens is 3. The lowest BCUT2D eigenvalue weighted by atomic mass is 9.93.